The molecule has 12 heteroatoms. The van der Waals surface area contributed by atoms with Crippen molar-refractivity contribution in [3.8, 4) is 0 Å². The third-order valence-corrected chi connectivity index (χ3v) is 9.00. The molecule has 2 aromatic rings. The Bertz CT molecular complexity index is 1280. The molecule has 3 aliphatic heterocycles. The SMILES string of the molecule is CCN1CCC(CC(N)=O)CC1.CN1CCN(CC(=O)NC2(c3ccc(Cl)cc3)C(=O)Nc3cc(Cl)cc(Cl)c32)CC1. The highest BCUT2D eigenvalue weighted by Gasteiger charge is 2.51. The summed E-state index contributed by atoms with van der Waals surface area (Å²) >= 11 is 18.7. The number of hydrogen-bond acceptors (Lipinski definition) is 6. The molecule has 9 nitrogen and oxygen atoms in total. The van der Waals surface area contributed by atoms with Crippen LogP contribution in [-0.2, 0) is 19.9 Å². The number of likely N-dealkylation sites (N-methyl/N-ethyl adjacent to an activating group) is 1. The molecule has 2 fully saturated rings. The van der Waals surface area contributed by atoms with E-state index in [1.165, 1.54) is 0 Å². The van der Waals surface area contributed by atoms with Crippen LogP contribution in [0.5, 0.6) is 0 Å². The van der Waals surface area contributed by atoms with Crippen molar-refractivity contribution in [1.82, 2.24) is 20.0 Å². The summed E-state index contributed by atoms with van der Waals surface area (Å²) in [6.45, 7) is 9.12. The number of benzene rings is 2. The van der Waals surface area contributed by atoms with Crippen LogP contribution in [0, 0.1) is 5.92 Å². The monoisotopic (exact) mass is 636 g/mol. The highest BCUT2D eigenvalue weighted by atomic mass is 35.5. The highest BCUT2D eigenvalue weighted by molar-refractivity contribution is 6.37. The van der Waals surface area contributed by atoms with E-state index in [-0.39, 0.29) is 18.4 Å². The van der Waals surface area contributed by atoms with Gasteiger partial charge in [-0.2, -0.15) is 0 Å². The number of nitrogens with one attached hydrogen (secondary N) is 2. The van der Waals surface area contributed by atoms with Crippen LogP contribution < -0.4 is 16.4 Å². The van der Waals surface area contributed by atoms with Crippen LogP contribution in [0.25, 0.3) is 0 Å². The fourth-order valence-electron chi connectivity index (χ4n) is 5.80. The zero-order valence-corrected chi connectivity index (χ0v) is 26.4. The number of primary amides is 1. The van der Waals surface area contributed by atoms with Crippen LogP contribution in [0.1, 0.15) is 37.3 Å². The Hall–Kier alpha value is -2.40. The molecule has 0 saturated carbocycles. The van der Waals surface area contributed by atoms with Gasteiger partial charge in [0.15, 0.2) is 5.54 Å². The van der Waals surface area contributed by atoms with Gasteiger partial charge in [0, 0.05) is 48.2 Å². The molecule has 2 aromatic carbocycles. The third-order valence-electron chi connectivity index (χ3n) is 8.23. The number of nitrogens with zero attached hydrogens (tertiary/aromatic N) is 3. The van der Waals surface area contributed by atoms with Crippen molar-refractivity contribution >= 4 is 58.2 Å². The smallest absolute Gasteiger partial charge is 0.259 e. The fourth-order valence-corrected chi connectivity index (χ4v) is 6.56. The number of rotatable bonds is 7. The molecule has 228 valence electrons. The second-order valence-electron chi connectivity index (χ2n) is 11.2. The number of nitrogens with two attached hydrogens (primary N) is 1. The number of piperidine rings is 1. The molecule has 0 spiro atoms. The highest BCUT2D eigenvalue weighted by Crippen LogP contribution is 2.46. The lowest BCUT2D eigenvalue weighted by molar-refractivity contribution is -0.129. The van der Waals surface area contributed by atoms with Gasteiger partial charge >= 0.3 is 0 Å². The number of piperazine rings is 1. The molecule has 5 rings (SSSR count). The van der Waals surface area contributed by atoms with Crippen LogP contribution in [0.2, 0.25) is 15.1 Å². The normalized spacial score (nSPS) is 21.7. The van der Waals surface area contributed by atoms with E-state index in [1.54, 1.807) is 36.4 Å². The van der Waals surface area contributed by atoms with Gasteiger partial charge in [0.05, 0.1) is 17.3 Å². The van der Waals surface area contributed by atoms with Gasteiger partial charge in [-0.3, -0.25) is 19.3 Å². The Morgan fingerprint density at radius 1 is 0.976 bits per heavy atom. The number of halogens is 3. The minimum atomic E-state index is -1.47. The zero-order chi connectivity index (χ0) is 30.4. The predicted molar refractivity (Wildman–Crippen MR) is 168 cm³/mol. The summed E-state index contributed by atoms with van der Waals surface area (Å²) in [5.74, 6) is -0.255. The fraction of sp³-hybridized carbons (Fsp3) is 0.500. The van der Waals surface area contributed by atoms with Crippen molar-refractivity contribution in [2.75, 3.05) is 64.7 Å². The number of likely N-dealkylation sites (tertiary alicyclic amines) is 1. The molecule has 4 N–H and O–H groups in total. The van der Waals surface area contributed by atoms with E-state index in [4.69, 9.17) is 40.5 Å². The first-order valence-corrected chi connectivity index (χ1v) is 15.4. The first-order valence-electron chi connectivity index (χ1n) is 14.3. The summed E-state index contributed by atoms with van der Waals surface area (Å²) in [7, 11) is 2.06. The lowest BCUT2D eigenvalue weighted by atomic mass is 9.83. The molecule has 0 bridgehead atoms. The quantitative estimate of drug-likeness (QED) is 0.426. The Morgan fingerprint density at radius 2 is 1.62 bits per heavy atom. The molecule has 42 heavy (non-hydrogen) atoms. The van der Waals surface area contributed by atoms with Crippen molar-refractivity contribution < 1.29 is 14.4 Å². The minimum Gasteiger partial charge on any atom is -0.370 e. The summed E-state index contributed by atoms with van der Waals surface area (Å²) in [5.41, 5.74) is 5.20. The van der Waals surface area contributed by atoms with Crippen LogP contribution >= 0.6 is 34.8 Å². The second-order valence-corrected chi connectivity index (χ2v) is 12.5. The van der Waals surface area contributed by atoms with E-state index in [9.17, 15) is 14.4 Å². The maximum absolute atomic E-state index is 13.3. The Balaban J connectivity index is 0.000000283. The van der Waals surface area contributed by atoms with Gasteiger partial charge in [-0.25, -0.2) is 0 Å². The van der Waals surface area contributed by atoms with Crippen molar-refractivity contribution in [1.29, 1.82) is 0 Å². The van der Waals surface area contributed by atoms with Crippen LogP contribution in [0.3, 0.4) is 0 Å². The number of carbonyl (C=O) groups excluding carboxylic acids is 3. The molecule has 1 unspecified atom stereocenters. The first kappa shape index (κ1) is 32.5. The molecular formula is C30H39Cl3N6O3. The molecule has 3 amide bonds. The van der Waals surface area contributed by atoms with Crippen LogP contribution in [0.15, 0.2) is 36.4 Å². The maximum Gasteiger partial charge on any atom is 0.259 e. The Morgan fingerprint density at radius 3 is 2.21 bits per heavy atom. The zero-order valence-electron chi connectivity index (χ0n) is 24.1. The summed E-state index contributed by atoms with van der Waals surface area (Å²) < 4.78 is 0. The molecule has 0 aliphatic carbocycles. The van der Waals surface area contributed by atoms with Gasteiger partial charge in [0.25, 0.3) is 5.91 Å². The van der Waals surface area contributed by atoms with Crippen molar-refractivity contribution in [3.63, 3.8) is 0 Å². The summed E-state index contributed by atoms with van der Waals surface area (Å²) in [5, 5.41) is 7.02. The van der Waals surface area contributed by atoms with E-state index < -0.39 is 11.4 Å². The number of carbonyl (C=O) groups is 3. The number of amides is 3. The molecule has 1 atom stereocenters. The van der Waals surface area contributed by atoms with E-state index in [0.29, 0.717) is 44.2 Å². The molecule has 3 aliphatic rings. The lowest BCUT2D eigenvalue weighted by Gasteiger charge is -2.34. The standard InChI is InChI=1S/C21H21Cl3N4O2.C9H18N2O/c1-27-6-8-28(9-7-27)12-18(29)26-21(13-2-4-14(22)5-3-13)19-16(24)10-15(23)11-17(19)25-20(21)30;1-2-11-5-3-8(4-6-11)7-9(10)12/h2-5,10-11H,6-9,12H2,1H3,(H,25,30)(H,26,29);8H,2-7H2,1H3,(H2,10,12). The van der Waals surface area contributed by atoms with Crippen molar-refractivity contribution in [3.05, 3.63) is 62.6 Å². The second kappa shape index (κ2) is 14.4. The largest absolute Gasteiger partial charge is 0.370 e. The summed E-state index contributed by atoms with van der Waals surface area (Å²) in [6, 6.07) is 10.0. The molecular weight excluding hydrogens is 599 g/mol. The number of hydrogen-bond donors (Lipinski definition) is 3. The molecule has 3 heterocycles. The minimum absolute atomic E-state index is 0.148. The van der Waals surface area contributed by atoms with Gasteiger partial charge in [0.2, 0.25) is 11.8 Å². The summed E-state index contributed by atoms with van der Waals surface area (Å²) in [6.07, 6.45) is 2.85. The Kier molecular flexibility index (Phi) is 11.1. The summed E-state index contributed by atoms with van der Waals surface area (Å²) in [4.78, 5) is 43.7. The van der Waals surface area contributed by atoms with Gasteiger partial charge in [-0.05, 0) is 75.3 Å². The molecule has 0 aromatic heterocycles. The number of fused-ring (bicyclic) bond motifs is 1. The lowest BCUT2D eigenvalue weighted by Crippen LogP contribution is -2.55. The van der Waals surface area contributed by atoms with E-state index in [1.807, 2.05) is 0 Å². The third kappa shape index (κ3) is 7.75. The average Bonchev–Trinajstić information content (AvgIpc) is 3.22. The van der Waals surface area contributed by atoms with Gasteiger partial charge in [0.1, 0.15) is 0 Å². The first-order chi connectivity index (χ1) is 20.0. The van der Waals surface area contributed by atoms with Gasteiger partial charge in [-0.15, -0.1) is 0 Å². The maximum atomic E-state index is 13.3. The number of anilines is 1. The molecule has 2 saturated heterocycles. The van der Waals surface area contributed by atoms with Crippen LogP contribution in [0.4, 0.5) is 5.69 Å². The molecule has 0 radical (unpaired) electrons. The topological polar surface area (TPSA) is 111 Å². The van der Waals surface area contributed by atoms with Gasteiger partial charge < -0.3 is 26.2 Å². The van der Waals surface area contributed by atoms with Gasteiger partial charge in [-0.1, -0.05) is 53.9 Å². The van der Waals surface area contributed by atoms with Crippen molar-refractivity contribution in [2.45, 2.75) is 31.7 Å². The van der Waals surface area contributed by atoms with Crippen LogP contribution in [-0.4, -0.2) is 91.8 Å². The van der Waals surface area contributed by atoms with E-state index in [2.05, 4.69) is 39.3 Å². The van der Waals surface area contributed by atoms with Crippen molar-refractivity contribution in [2.24, 2.45) is 11.7 Å². The Labute approximate surface area is 262 Å². The average molecular weight is 638 g/mol. The predicted octanol–water partition coefficient (Wildman–Crippen LogP) is 3.80. The van der Waals surface area contributed by atoms with E-state index >= 15 is 0 Å². The van der Waals surface area contributed by atoms with E-state index in [0.717, 1.165) is 58.7 Å².